The molecule has 12 heteroatoms. The maximum absolute atomic E-state index is 12.5. The third kappa shape index (κ3) is 4.17. The zero-order chi connectivity index (χ0) is 24.7. The van der Waals surface area contributed by atoms with Crippen LogP contribution in [-0.2, 0) is 14.9 Å². The van der Waals surface area contributed by atoms with E-state index in [0.29, 0.717) is 17.7 Å². The molecule has 0 aliphatic heterocycles. The number of benzene rings is 1. The number of nitrogens with two attached hydrogens (primary N) is 1. The molecule has 1 unspecified atom stereocenters. The molecule has 178 valence electrons. The summed E-state index contributed by atoms with van der Waals surface area (Å²) in [5, 5.41) is 12.0. The zero-order valence-electron chi connectivity index (χ0n) is 18.6. The summed E-state index contributed by atoms with van der Waals surface area (Å²) in [4.78, 5) is 32.6. The number of aliphatic carboxylic acids is 1. The molecular formula is C23H19N5O6S. The van der Waals surface area contributed by atoms with E-state index >= 15 is 0 Å². The van der Waals surface area contributed by atoms with Gasteiger partial charge >= 0.3 is 17.8 Å². The summed E-state index contributed by atoms with van der Waals surface area (Å²) in [6, 6.07) is 7.61. The first-order valence-corrected chi connectivity index (χ1v) is 11.4. The minimum atomic E-state index is -1.10. The van der Waals surface area contributed by atoms with Gasteiger partial charge in [0.2, 0.25) is 11.5 Å². The fourth-order valence-corrected chi connectivity index (χ4v) is 4.19. The number of nitrogens with one attached hydrogen (secondary N) is 1. The molecule has 0 bridgehead atoms. The van der Waals surface area contributed by atoms with Gasteiger partial charge in [-0.15, -0.1) is 0 Å². The maximum atomic E-state index is 12.5. The van der Waals surface area contributed by atoms with Gasteiger partial charge in [-0.25, -0.2) is 4.79 Å². The van der Waals surface area contributed by atoms with Crippen LogP contribution in [-0.4, -0.2) is 31.5 Å². The number of aromatic nitrogens is 3. The standard InChI is InChI=1S/C23H19N5O6S/c1-11-5-3-4-6-13(11)12(2)32-22(31)26-16-14(35-28-17(16)24)7-8-15-25-18-19(33-15)34-20(27-18)23(9-10-23)21(29)30/h3-6,12H,9-10H2,1-2H3,(H2,24,28)(H,26,31)(H,29,30). The van der Waals surface area contributed by atoms with Crippen molar-refractivity contribution in [1.82, 2.24) is 14.3 Å². The van der Waals surface area contributed by atoms with Crippen molar-refractivity contribution in [2.24, 2.45) is 0 Å². The van der Waals surface area contributed by atoms with Crippen LogP contribution in [0, 0.1) is 18.8 Å². The van der Waals surface area contributed by atoms with Crippen LogP contribution in [0.5, 0.6) is 0 Å². The highest BCUT2D eigenvalue weighted by Gasteiger charge is 2.56. The van der Waals surface area contributed by atoms with E-state index in [2.05, 4.69) is 31.5 Å². The Kier molecular flexibility index (Phi) is 5.41. The average Bonchev–Trinajstić information content (AvgIpc) is 3.25. The molecular weight excluding hydrogens is 474 g/mol. The molecule has 1 aromatic carbocycles. The number of carbonyl (C=O) groups excluding carboxylic acids is 1. The van der Waals surface area contributed by atoms with Crippen LogP contribution >= 0.6 is 11.5 Å². The van der Waals surface area contributed by atoms with Gasteiger partial charge in [-0.05, 0) is 61.2 Å². The summed E-state index contributed by atoms with van der Waals surface area (Å²) in [5.74, 6) is 4.70. The number of oxazole rings is 2. The van der Waals surface area contributed by atoms with Crippen LogP contribution in [0.2, 0.25) is 0 Å². The molecule has 1 fully saturated rings. The van der Waals surface area contributed by atoms with Gasteiger partial charge in [0, 0.05) is 0 Å². The van der Waals surface area contributed by atoms with Crippen molar-refractivity contribution < 1.29 is 28.3 Å². The molecule has 1 atom stereocenters. The fraction of sp³-hybridized carbons (Fsp3) is 0.261. The van der Waals surface area contributed by atoms with E-state index in [1.807, 2.05) is 31.2 Å². The van der Waals surface area contributed by atoms with Gasteiger partial charge in [-0.3, -0.25) is 10.1 Å². The second-order valence-corrected chi connectivity index (χ2v) is 8.86. The second kappa shape index (κ2) is 8.44. The molecule has 3 aromatic heterocycles. The summed E-state index contributed by atoms with van der Waals surface area (Å²) in [6.07, 6.45) is -0.275. The van der Waals surface area contributed by atoms with E-state index in [1.54, 1.807) is 6.92 Å². The first-order chi connectivity index (χ1) is 16.8. The quantitative estimate of drug-likeness (QED) is 0.346. The number of hydrogen-bond donors (Lipinski definition) is 3. The van der Waals surface area contributed by atoms with E-state index in [9.17, 15) is 14.7 Å². The molecule has 11 nitrogen and oxygen atoms in total. The Morgan fingerprint density at radius 3 is 2.71 bits per heavy atom. The van der Waals surface area contributed by atoms with Crippen LogP contribution in [0.25, 0.3) is 11.4 Å². The van der Waals surface area contributed by atoms with Crippen LogP contribution < -0.4 is 11.1 Å². The highest BCUT2D eigenvalue weighted by Crippen LogP contribution is 2.48. The smallest absolute Gasteiger partial charge is 0.412 e. The van der Waals surface area contributed by atoms with Gasteiger partial charge in [0.25, 0.3) is 5.89 Å². The van der Waals surface area contributed by atoms with Crippen molar-refractivity contribution in [3.05, 3.63) is 52.1 Å². The molecule has 4 aromatic rings. The van der Waals surface area contributed by atoms with Gasteiger partial charge in [-0.1, -0.05) is 24.3 Å². The molecule has 1 aliphatic rings. The van der Waals surface area contributed by atoms with Crippen molar-refractivity contribution in [2.45, 2.75) is 38.2 Å². The molecule has 1 aliphatic carbocycles. The van der Waals surface area contributed by atoms with Crippen molar-refractivity contribution in [3.63, 3.8) is 0 Å². The van der Waals surface area contributed by atoms with E-state index in [4.69, 9.17) is 19.3 Å². The Labute approximate surface area is 202 Å². The number of fused-ring (bicyclic) bond motifs is 1. The normalized spacial score (nSPS) is 14.7. The Morgan fingerprint density at radius 2 is 2.03 bits per heavy atom. The van der Waals surface area contributed by atoms with Crippen molar-refractivity contribution in [1.29, 1.82) is 0 Å². The Morgan fingerprint density at radius 1 is 1.26 bits per heavy atom. The van der Waals surface area contributed by atoms with E-state index in [-0.39, 0.29) is 34.7 Å². The molecule has 4 N–H and O–H groups in total. The predicted octanol–water partition coefficient (Wildman–Crippen LogP) is 3.99. The van der Waals surface area contributed by atoms with Gasteiger partial charge in [0.15, 0.2) is 5.82 Å². The minimum Gasteiger partial charge on any atom is -0.480 e. The van der Waals surface area contributed by atoms with Gasteiger partial charge in [0.1, 0.15) is 22.1 Å². The van der Waals surface area contributed by atoms with Crippen LogP contribution in [0.3, 0.4) is 0 Å². The molecule has 3 heterocycles. The lowest BCUT2D eigenvalue weighted by Crippen LogP contribution is -2.19. The largest absolute Gasteiger partial charge is 0.480 e. The van der Waals surface area contributed by atoms with Crippen LogP contribution in [0.1, 0.15) is 53.7 Å². The number of carboxylic acid groups (broad SMARTS) is 1. The molecule has 5 rings (SSSR count). The predicted molar refractivity (Wildman–Crippen MR) is 125 cm³/mol. The fourth-order valence-electron chi connectivity index (χ4n) is 3.56. The van der Waals surface area contributed by atoms with Crippen LogP contribution in [0.15, 0.2) is 33.1 Å². The Hall–Kier alpha value is -4.37. The number of nitrogen functional groups attached to an aromatic ring is 1. The summed E-state index contributed by atoms with van der Waals surface area (Å²) >= 11 is 0.989. The lowest BCUT2D eigenvalue weighted by atomic mass is 10.1. The average molecular weight is 494 g/mol. The number of rotatable bonds is 5. The molecule has 0 saturated heterocycles. The number of carbonyl (C=O) groups is 2. The molecule has 0 radical (unpaired) electrons. The summed E-state index contributed by atoms with van der Waals surface area (Å²) in [5.41, 5.74) is 7.06. The zero-order valence-corrected chi connectivity index (χ0v) is 19.4. The molecule has 1 saturated carbocycles. The summed E-state index contributed by atoms with van der Waals surface area (Å²) < 4.78 is 20.4. The number of aryl methyl sites for hydroxylation is 1. The number of hydrogen-bond acceptors (Lipinski definition) is 10. The molecule has 0 spiro atoms. The lowest BCUT2D eigenvalue weighted by molar-refractivity contribution is -0.140. The highest BCUT2D eigenvalue weighted by atomic mass is 32.1. The first-order valence-electron chi connectivity index (χ1n) is 10.6. The van der Waals surface area contributed by atoms with E-state index < -0.39 is 23.6 Å². The van der Waals surface area contributed by atoms with Crippen molar-refractivity contribution >= 4 is 46.5 Å². The maximum Gasteiger partial charge on any atom is 0.412 e. The third-order valence-corrected chi connectivity index (χ3v) is 6.46. The lowest BCUT2D eigenvalue weighted by Gasteiger charge is -2.16. The number of carboxylic acids is 1. The molecule has 1 amide bonds. The SMILES string of the molecule is Cc1ccccc1C(C)OC(=O)Nc1c(N)nsc1C#Cc1nc2nc(C3(C(=O)O)CC3)oc2o1. The topological polar surface area (TPSA) is 167 Å². The highest BCUT2D eigenvalue weighted by molar-refractivity contribution is 7.07. The molecule has 35 heavy (non-hydrogen) atoms. The number of anilines is 2. The number of ether oxygens (including phenoxy) is 1. The second-order valence-electron chi connectivity index (χ2n) is 8.09. The van der Waals surface area contributed by atoms with Gasteiger partial charge in [0.05, 0.1) is 0 Å². The minimum absolute atomic E-state index is 0.00615. The monoisotopic (exact) mass is 493 g/mol. The van der Waals surface area contributed by atoms with E-state index in [0.717, 1.165) is 22.7 Å². The first kappa shape index (κ1) is 22.4. The van der Waals surface area contributed by atoms with Crippen molar-refractivity contribution in [2.75, 3.05) is 11.1 Å². The van der Waals surface area contributed by atoms with Crippen molar-refractivity contribution in [3.8, 4) is 11.8 Å². The number of nitrogens with zero attached hydrogens (tertiary/aromatic N) is 3. The van der Waals surface area contributed by atoms with Crippen LogP contribution in [0.4, 0.5) is 16.3 Å². The Balaban J connectivity index is 1.30. The third-order valence-electron chi connectivity index (χ3n) is 5.68. The Bertz CT molecular complexity index is 1490. The summed E-state index contributed by atoms with van der Waals surface area (Å²) in [7, 11) is 0. The van der Waals surface area contributed by atoms with E-state index in [1.165, 1.54) is 0 Å². The van der Waals surface area contributed by atoms with Gasteiger partial charge < -0.3 is 24.4 Å². The number of amides is 1. The van der Waals surface area contributed by atoms with Gasteiger partial charge in [-0.2, -0.15) is 14.3 Å². The summed E-state index contributed by atoms with van der Waals surface area (Å²) in [6.45, 7) is 3.71.